The zero-order chi connectivity index (χ0) is 15.6. The molecule has 0 aromatic carbocycles. The maximum absolute atomic E-state index is 12.0. The lowest BCUT2D eigenvalue weighted by molar-refractivity contribution is -0.127. The molecule has 1 aliphatic heterocycles. The van der Waals surface area contributed by atoms with Crippen LogP contribution in [0, 0.1) is 0 Å². The summed E-state index contributed by atoms with van der Waals surface area (Å²) < 4.78 is 0. The first-order valence-corrected chi connectivity index (χ1v) is 6.95. The number of hydrogen-bond donors (Lipinski definition) is 2. The van der Waals surface area contributed by atoms with Gasteiger partial charge >= 0.3 is 0 Å². The van der Waals surface area contributed by atoms with Crippen molar-refractivity contribution in [3.05, 3.63) is 30.1 Å². The van der Waals surface area contributed by atoms with Gasteiger partial charge in [0.2, 0.25) is 11.8 Å². The average molecular weight is 291 g/mol. The molecule has 0 radical (unpaired) electrons. The van der Waals surface area contributed by atoms with Gasteiger partial charge in [-0.25, -0.2) is 0 Å². The second kappa shape index (κ2) is 5.81. The number of carbonyl (C=O) groups is 2. The summed E-state index contributed by atoms with van der Waals surface area (Å²) in [5.41, 5.74) is -0.179. The highest BCUT2D eigenvalue weighted by Crippen LogP contribution is 2.31. The normalized spacial score (nSPS) is 22.5. The Labute approximate surface area is 124 Å². The minimum absolute atomic E-state index is 0.00116. The van der Waals surface area contributed by atoms with Crippen LogP contribution in [0.25, 0.3) is 0 Å². The second-order valence-electron chi connectivity index (χ2n) is 6.10. The third-order valence-corrected chi connectivity index (χ3v) is 3.55. The van der Waals surface area contributed by atoms with Crippen molar-refractivity contribution in [1.29, 1.82) is 0 Å². The molecule has 1 aliphatic rings. The summed E-state index contributed by atoms with van der Waals surface area (Å²) in [5, 5.41) is 12.6. The van der Waals surface area contributed by atoms with Crippen molar-refractivity contribution < 1.29 is 14.7 Å². The molecule has 2 rings (SSSR count). The van der Waals surface area contributed by atoms with Crippen LogP contribution in [0.3, 0.4) is 0 Å². The molecule has 1 saturated heterocycles. The van der Waals surface area contributed by atoms with Crippen LogP contribution in [0.4, 0.5) is 0 Å². The summed E-state index contributed by atoms with van der Waals surface area (Å²) in [7, 11) is 1.72. The number of likely N-dealkylation sites (tertiary alicyclic amines) is 1. The van der Waals surface area contributed by atoms with Gasteiger partial charge in [0.1, 0.15) is 0 Å². The van der Waals surface area contributed by atoms with E-state index in [9.17, 15) is 14.7 Å². The number of aromatic nitrogens is 1. The third kappa shape index (κ3) is 3.78. The number of aliphatic hydroxyl groups is 1. The minimum atomic E-state index is -1.07. The molecule has 0 spiro atoms. The second-order valence-corrected chi connectivity index (χ2v) is 6.10. The molecule has 21 heavy (non-hydrogen) atoms. The predicted molar refractivity (Wildman–Crippen MR) is 77.2 cm³/mol. The van der Waals surface area contributed by atoms with Crippen LogP contribution in [-0.2, 0) is 9.59 Å². The molecule has 1 aromatic heterocycles. The first-order valence-electron chi connectivity index (χ1n) is 6.95. The van der Waals surface area contributed by atoms with E-state index >= 15 is 0 Å². The molecule has 6 heteroatoms. The number of nitrogens with zero attached hydrogens (tertiary/aromatic N) is 2. The maximum atomic E-state index is 12.0. The van der Waals surface area contributed by atoms with E-state index in [1.54, 1.807) is 38.2 Å². The number of pyridine rings is 1. The van der Waals surface area contributed by atoms with Crippen molar-refractivity contribution in [3.8, 4) is 0 Å². The number of likely N-dealkylation sites (N-methyl/N-ethyl adjacent to an activating group) is 1. The van der Waals surface area contributed by atoms with Crippen LogP contribution in [0.1, 0.15) is 38.3 Å². The van der Waals surface area contributed by atoms with E-state index in [2.05, 4.69) is 10.3 Å². The van der Waals surface area contributed by atoms with Crippen LogP contribution in [-0.4, -0.2) is 45.5 Å². The van der Waals surface area contributed by atoms with Crippen LogP contribution in [0.15, 0.2) is 24.5 Å². The first kappa shape index (κ1) is 15.4. The van der Waals surface area contributed by atoms with Gasteiger partial charge in [-0.05, 0) is 25.5 Å². The van der Waals surface area contributed by atoms with Gasteiger partial charge in [0.25, 0.3) is 0 Å². The number of hydrogen-bond acceptors (Lipinski definition) is 4. The molecule has 0 saturated carbocycles. The smallest absolute Gasteiger partial charge is 0.225 e. The van der Waals surface area contributed by atoms with Gasteiger partial charge in [0.05, 0.1) is 24.1 Å². The zero-order valence-electron chi connectivity index (χ0n) is 12.5. The van der Waals surface area contributed by atoms with Crippen LogP contribution < -0.4 is 5.32 Å². The van der Waals surface area contributed by atoms with Gasteiger partial charge in [-0.15, -0.1) is 0 Å². The van der Waals surface area contributed by atoms with E-state index in [1.807, 2.05) is 12.1 Å². The lowest BCUT2D eigenvalue weighted by Gasteiger charge is -2.26. The van der Waals surface area contributed by atoms with E-state index in [-0.39, 0.29) is 36.7 Å². The molecule has 0 bridgehead atoms. The van der Waals surface area contributed by atoms with E-state index in [1.165, 1.54) is 0 Å². The number of carbonyl (C=O) groups excluding carboxylic acids is 2. The van der Waals surface area contributed by atoms with Gasteiger partial charge in [0, 0.05) is 25.9 Å². The third-order valence-electron chi connectivity index (χ3n) is 3.55. The average Bonchev–Trinajstić information content (AvgIpc) is 2.63. The fourth-order valence-electron chi connectivity index (χ4n) is 2.66. The van der Waals surface area contributed by atoms with Gasteiger partial charge in [0.15, 0.2) is 0 Å². The van der Waals surface area contributed by atoms with Crippen molar-refractivity contribution in [2.24, 2.45) is 0 Å². The first-order chi connectivity index (χ1) is 9.78. The zero-order valence-corrected chi connectivity index (χ0v) is 12.5. The molecule has 2 atom stereocenters. The highest BCUT2D eigenvalue weighted by atomic mass is 16.3. The van der Waals surface area contributed by atoms with E-state index < -0.39 is 5.60 Å². The molecular formula is C15H21N3O3. The number of nitrogens with one attached hydrogen (secondary N) is 1. The molecule has 114 valence electrons. The molecule has 6 nitrogen and oxygen atoms in total. The molecular weight excluding hydrogens is 270 g/mol. The van der Waals surface area contributed by atoms with Gasteiger partial charge < -0.3 is 15.3 Å². The predicted octanol–water partition coefficient (Wildman–Crippen LogP) is 0.631. The maximum Gasteiger partial charge on any atom is 0.225 e. The molecule has 0 unspecified atom stereocenters. The Morgan fingerprint density at radius 2 is 2.29 bits per heavy atom. The van der Waals surface area contributed by atoms with Gasteiger partial charge in [-0.3, -0.25) is 14.6 Å². The Bertz CT molecular complexity index is 525. The molecule has 0 aliphatic carbocycles. The Morgan fingerprint density at radius 1 is 1.57 bits per heavy atom. The fourth-order valence-corrected chi connectivity index (χ4v) is 2.66. The summed E-state index contributed by atoms with van der Waals surface area (Å²) in [4.78, 5) is 29.6. The standard InChI is InChI=1S/C15H21N3O3/c1-15(2,21)8-12(19)17-11-7-13(20)18(3)14(11)10-5-4-6-16-9-10/h4-6,9,11,14,21H,7-8H2,1-3H3,(H,17,19)/t11-,14+/m1/s1. The monoisotopic (exact) mass is 291 g/mol. The number of rotatable bonds is 4. The van der Waals surface area contributed by atoms with E-state index in [0.717, 1.165) is 5.56 Å². The Morgan fingerprint density at radius 3 is 2.86 bits per heavy atom. The van der Waals surface area contributed by atoms with Crippen molar-refractivity contribution in [1.82, 2.24) is 15.2 Å². The SMILES string of the molecule is CN1C(=O)C[C@@H](NC(=O)CC(C)(C)O)[C@@H]1c1cccnc1. The van der Waals surface area contributed by atoms with Gasteiger partial charge in [-0.2, -0.15) is 0 Å². The summed E-state index contributed by atoms with van der Waals surface area (Å²) in [6, 6.07) is 3.17. The highest BCUT2D eigenvalue weighted by molar-refractivity contribution is 5.83. The molecule has 1 fully saturated rings. The Kier molecular flexibility index (Phi) is 4.27. The lowest BCUT2D eigenvalue weighted by Crippen LogP contribution is -2.41. The van der Waals surface area contributed by atoms with Crippen LogP contribution >= 0.6 is 0 Å². The molecule has 1 aromatic rings. The summed E-state index contributed by atoms with van der Waals surface area (Å²) in [6.07, 6.45) is 3.63. The minimum Gasteiger partial charge on any atom is -0.390 e. The molecule has 2 heterocycles. The van der Waals surface area contributed by atoms with Gasteiger partial charge in [-0.1, -0.05) is 6.07 Å². The number of amides is 2. The van der Waals surface area contributed by atoms with Crippen molar-refractivity contribution in [2.75, 3.05) is 7.05 Å². The van der Waals surface area contributed by atoms with E-state index in [4.69, 9.17) is 0 Å². The van der Waals surface area contributed by atoms with E-state index in [0.29, 0.717) is 0 Å². The Balaban J connectivity index is 2.14. The summed E-state index contributed by atoms with van der Waals surface area (Å²) in [5.74, 6) is -0.276. The summed E-state index contributed by atoms with van der Waals surface area (Å²) in [6.45, 7) is 3.16. The lowest BCUT2D eigenvalue weighted by atomic mass is 10.0. The Hall–Kier alpha value is -1.95. The van der Waals surface area contributed by atoms with Crippen LogP contribution in [0.5, 0.6) is 0 Å². The molecule has 2 amide bonds. The quantitative estimate of drug-likeness (QED) is 0.852. The van der Waals surface area contributed by atoms with Crippen molar-refractivity contribution in [2.45, 2.75) is 44.4 Å². The highest BCUT2D eigenvalue weighted by Gasteiger charge is 2.39. The van der Waals surface area contributed by atoms with Crippen molar-refractivity contribution in [3.63, 3.8) is 0 Å². The molecule has 2 N–H and O–H groups in total. The topological polar surface area (TPSA) is 82.5 Å². The largest absolute Gasteiger partial charge is 0.390 e. The fraction of sp³-hybridized carbons (Fsp3) is 0.533. The van der Waals surface area contributed by atoms with Crippen LogP contribution in [0.2, 0.25) is 0 Å². The summed E-state index contributed by atoms with van der Waals surface area (Å²) >= 11 is 0. The van der Waals surface area contributed by atoms with Crippen molar-refractivity contribution >= 4 is 11.8 Å².